The number of likely N-dealkylation sites (tertiary alicyclic amines) is 1. The van der Waals surface area contributed by atoms with E-state index in [1.165, 1.54) is 31.4 Å². The second-order valence-electron chi connectivity index (χ2n) is 12.5. The lowest BCUT2D eigenvalue weighted by molar-refractivity contribution is -0.128. The molecule has 3 aliphatic rings. The highest BCUT2D eigenvalue weighted by molar-refractivity contribution is 7.23. The molecule has 10 nitrogen and oxygen atoms in total. The van der Waals surface area contributed by atoms with Crippen molar-refractivity contribution in [2.75, 3.05) is 45.7 Å². The fourth-order valence-corrected chi connectivity index (χ4v) is 8.46. The standard InChI is InChI=1S/C34H33F3N6O4S/c1-3-26(44)43-12-9-25(24(43)16-45-2)47-32-21-6-5-20(19-7-8-23(36)30-27(19)22(14-38)31(39)48-30)28(37)29(21)40-33(41-32)46-17-34-10-4-11-42(34)15-18(35)13-34/h3,5-8,18,24-25H,1,4,9-13,15-17,39H2,2H3/t18-,24-,25-,34+/m1/s1. The van der Waals surface area contributed by atoms with E-state index < -0.39 is 35.5 Å². The molecule has 0 saturated carbocycles. The summed E-state index contributed by atoms with van der Waals surface area (Å²) >= 11 is 0.922. The average molecular weight is 679 g/mol. The molecule has 0 aliphatic carbocycles. The second-order valence-corrected chi connectivity index (χ2v) is 13.5. The van der Waals surface area contributed by atoms with E-state index in [1.807, 2.05) is 6.07 Å². The van der Waals surface area contributed by atoms with Crippen molar-refractivity contribution in [3.8, 4) is 29.1 Å². The van der Waals surface area contributed by atoms with Crippen molar-refractivity contribution in [1.82, 2.24) is 19.8 Å². The van der Waals surface area contributed by atoms with Crippen LogP contribution in [0.15, 0.2) is 36.9 Å². The number of fused-ring (bicyclic) bond motifs is 3. The number of hydrogen-bond acceptors (Lipinski definition) is 10. The first-order valence-electron chi connectivity index (χ1n) is 15.7. The number of rotatable bonds is 9. The van der Waals surface area contributed by atoms with Gasteiger partial charge in [0.1, 0.15) is 41.3 Å². The van der Waals surface area contributed by atoms with Crippen molar-refractivity contribution < 1.29 is 32.2 Å². The van der Waals surface area contributed by atoms with E-state index in [4.69, 9.17) is 19.9 Å². The van der Waals surface area contributed by atoms with Crippen LogP contribution in [-0.2, 0) is 9.53 Å². The van der Waals surface area contributed by atoms with Gasteiger partial charge in [-0.25, -0.2) is 13.2 Å². The van der Waals surface area contributed by atoms with Crippen molar-refractivity contribution in [3.63, 3.8) is 0 Å². The van der Waals surface area contributed by atoms with Gasteiger partial charge < -0.3 is 24.8 Å². The van der Waals surface area contributed by atoms with Gasteiger partial charge in [0.25, 0.3) is 0 Å². The quantitative estimate of drug-likeness (QED) is 0.232. The van der Waals surface area contributed by atoms with Crippen LogP contribution in [0.3, 0.4) is 0 Å². The molecule has 1 amide bonds. The maximum Gasteiger partial charge on any atom is 0.320 e. The van der Waals surface area contributed by atoms with Crippen molar-refractivity contribution in [2.24, 2.45) is 0 Å². The molecule has 2 aromatic heterocycles. The number of thiophene rings is 1. The molecule has 0 radical (unpaired) electrons. The summed E-state index contributed by atoms with van der Waals surface area (Å²) in [5.74, 6) is -1.57. The van der Waals surface area contributed by atoms with Crippen LogP contribution in [0.2, 0.25) is 0 Å². The SMILES string of the molecule is C=CC(=O)N1CC[C@@H](Oc2nc(OC[C@@]34CCCN3C[C@H](F)C4)nc3c(F)c(-c4ccc(F)c5sc(N)c(C#N)c45)ccc23)[C@H]1COC. The number of nitriles is 1. The number of nitrogen functional groups attached to an aromatic ring is 1. The second kappa shape index (κ2) is 12.5. The lowest BCUT2D eigenvalue weighted by atomic mass is 9.95. The van der Waals surface area contributed by atoms with E-state index in [0.717, 1.165) is 30.7 Å². The molecule has 0 bridgehead atoms. The Labute approximate surface area is 278 Å². The minimum absolute atomic E-state index is 0.0387. The molecular weight excluding hydrogens is 645 g/mol. The van der Waals surface area contributed by atoms with Gasteiger partial charge in [-0.05, 0) is 43.2 Å². The lowest BCUT2D eigenvalue weighted by Crippen LogP contribution is -2.44. The highest BCUT2D eigenvalue weighted by Gasteiger charge is 2.49. The maximum absolute atomic E-state index is 16.8. The summed E-state index contributed by atoms with van der Waals surface area (Å²) in [4.78, 5) is 25.3. The van der Waals surface area contributed by atoms with Crippen LogP contribution in [0, 0.1) is 23.0 Å². The molecule has 14 heteroatoms. The number of carbonyl (C=O) groups is 1. The van der Waals surface area contributed by atoms with Gasteiger partial charge in [-0.15, -0.1) is 11.3 Å². The molecule has 5 heterocycles. The molecule has 250 valence electrons. The molecule has 3 fully saturated rings. The van der Waals surface area contributed by atoms with Crippen molar-refractivity contribution in [2.45, 2.75) is 49.5 Å². The third-order valence-electron chi connectivity index (χ3n) is 9.74. The Morgan fingerprint density at radius 3 is 2.83 bits per heavy atom. The van der Waals surface area contributed by atoms with Gasteiger partial charge in [-0.3, -0.25) is 9.69 Å². The van der Waals surface area contributed by atoms with Crippen LogP contribution in [0.4, 0.5) is 18.2 Å². The Bertz CT molecular complexity index is 1980. The van der Waals surface area contributed by atoms with Crippen LogP contribution in [0.1, 0.15) is 31.2 Å². The summed E-state index contributed by atoms with van der Waals surface area (Å²) < 4.78 is 64.2. The lowest BCUT2D eigenvalue weighted by Gasteiger charge is -2.31. The van der Waals surface area contributed by atoms with Crippen molar-refractivity contribution in [1.29, 1.82) is 5.26 Å². The van der Waals surface area contributed by atoms with E-state index >= 15 is 4.39 Å². The number of hydrogen-bond donors (Lipinski definition) is 1. The first-order valence-corrected chi connectivity index (χ1v) is 16.5. The average Bonchev–Trinajstić information content (AvgIpc) is 3.82. The molecule has 2 N–H and O–H groups in total. The predicted octanol–water partition coefficient (Wildman–Crippen LogP) is 5.38. The Balaban J connectivity index is 1.33. The summed E-state index contributed by atoms with van der Waals surface area (Å²) in [5, 5.41) is 10.4. The largest absolute Gasteiger partial charge is 0.471 e. The first kappa shape index (κ1) is 32.1. The molecule has 48 heavy (non-hydrogen) atoms. The minimum Gasteiger partial charge on any atom is -0.471 e. The Morgan fingerprint density at radius 1 is 1.25 bits per heavy atom. The predicted molar refractivity (Wildman–Crippen MR) is 175 cm³/mol. The summed E-state index contributed by atoms with van der Waals surface area (Å²) in [6.45, 7) is 5.38. The van der Waals surface area contributed by atoms with Gasteiger partial charge in [-0.2, -0.15) is 15.2 Å². The number of nitrogens with two attached hydrogens (primary N) is 1. The third kappa shape index (κ3) is 5.30. The van der Waals surface area contributed by atoms with Crippen LogP contribution < -0.4 is 15.2 Å². The van der Waals surface area contributed by atoms with Gasteiger partial charge in [0.2, 0.25) is 11.8 Å². The van der Waals surface area contributed by atoms with Gasteiger partial charge in [0, 0.05) is 44.0 Å². The van der Waals surface area contributed by atoms with E-state index in [9.17, 15) is 18.8 Å². The minimum atomic E-state index is -0.969. The zero-order valence-corrected chi connectivity index (χ0v) is 27.0. The monoisotopic (exact) mass is 678 g/mol. The van der Waals surface area contributed by atoms with E-state index in [0.29, 0.717) is 25.9 Å². The molecule has 3 aliphatic heterocycles. The number of carbonyl (C=O) groups excluding carboxylic acids is 1. The molecule has 3 saturated heterocycles. The van der Waals surface area contributed by atoms with Crippen LogP contribution >= 0.6 is 11.3 Å². The van der Waals surface area contributed by atoms with E-state index in [2.05, 4.69) is 21.4 Å². The summed E-state index contributed by atoms with van der Waals surface area (Å²) in [7, 11) is 1.52. The maximum atomic E-state index is 16.8. The van der Waals surface area contributed by atoms with Crippen molar-refractivity contribution >= 4 is 43.2 Å². The number of amides is 1. The first-order chi connectivity index (χ1) is 23.2. The molecular formula is C34H33F3N6O4S. The fourth-order valence-electron chi connectivity index (χ4n) is 7.51. The van der Waals surface area contributed by atoms with Gasteiger partial charge in [-0.1, -0.05) is 18.7 Å². The number of alkyl halides is 1. The fraction of sp³-hybridized carbons (Fsp3) is 0.412. The summed E-state index contributed by atoms with van der Waals surface area (Å²) in [6.07, 6.45) is 2.14. The number of aromatic nitrogens is 2. The smallest absolute Gasteiger partial charge is 0.320 e. The molecule has 2 aromatic carbocycles. The molecule has 7 rings (SSSR count). The van der Waals surface area contributed by atoms with Crippen LogP contribution in [0.5, 0.6) is 11.9 Å². The van der Waals surface area contributed by atoms with Gasteiger partial charge in [0.15, 0.2) is 5.82 Å². The number of nitrogens with zero attached hydrogens (tertiary/aromatic N) is 5. The van der Waals surface area contributed by atoms with Crippen molar-refractivity contribution in [3.05, 3.63) is 54.1 Å². The van der Waals surface area contributed by atoms with Crippen LogP contribution in [0.25, 0.3) is 32.1 Å². The van der Waals surface area contributed by atoms with Gasteiger partial charge >= 0.3 is 6.01 Å². The Morgan fingerprint density at radius 2 is 2.06 bits per heavy atom. The number of halogens is 3. The van der Waals surface area contributed by atoms with E-state index in [-0.39, 0.29) is 73.7 Å². The summed E-state index contributed by atoms with van der Waals surface area (Å²) in [6, 6.07) is 7.11. The number of anilines is 1. The highest BCUT2D eigenvalue weighted by Crippen LogP contribution is 2.44. The zero-order chi connectivity index (χ0) is 33.7. The molecule has 0 spiro atoms. The Kier molecular flexibility index (Phi) is 8.39. The molecule has 0 unspecified atom stereocenters. The number of ether oxygens (including phenoxy) is 3. The zero-order valence-electron chi connectivity index (χ0n) is 26.2. The number of benzene rings is 2. The van der Waals surface area contributed by atoms with E-state index in [1.54, 1.807) is 11.0 Å². The normalized spacial score (nSPS) is 23.9. The third-order valence-corrected chi connectivity index (χ3v) is 10.8. The van der Waals surface area contributed by atoms with Crippen LogP contribution in [-0.4, -0.2) is 89.5 Å². The molecule has 4 atom stereocenters. The topological polar surface area (TPSA) is 127 Å². The summed E-state index contributed by atoms with van der Waals surface area (Å²) in [5.41, 5.74) is 5.81. The Hall–Kier alpha value is -4.45. The highest BCUT2D eigenvalue weighted by atomic mass is 32.1. The number of methoxy groups -OCH3 is 1. The molecule has 4 aromatic rings. The van der Waals surface area contributed by atoms with Gasteiger partial charge in [0.05, 0.1) is 33.8 Å².